The Morgan fingerprint density at radius 3 is 2.31 bits per heavy atom. The quantitative estimate of drug-likeness (QED) is 0.724. The summed E-state index contributed by atoms with van der Waals surface area (Å²) >= 11 is 0. The molecule has 1 aromatic heterocycles. The summed E-state index contributed by atoms with van der Waals surface area (Å²) in [5, 5.41) is 0. The molecule has 2 fully saturated rings. The molecule has 1 saturated heterocycles. The number of nitrogens with zero attached hydrogens (tertiary/aromatic N) is 2. The van der Waals surface area contributed by atoms with Gasteiger partial charge in [-0.1, -0.05) is 0 Å². The Hall–Kier alpha value is -1.00. The van der Waals surface area contributed by atoms with Crippen LogP contribution in [0.2, 0.25) is 0 Å². The van der Waals surface area contributed by atoms with E-state index < -0.39 is 0 Å². The first kappa shape index (κ1) is 10.2. The first-order valence-electron chi connectivity index (χ1n) is 5.93. The summed E-state index contributed by atoms with van der Waals surface area (Å²) in [7, 11) is 0. The highest BCUT2D eigenvalue weighted by Crippen LogP contribution is 2.41. The Balaban J connectivity index is 1.66. The number of rotatable bonds is 1. The van der Waals surface area contributed by atoms with E-state index in [-0.39, 0.29) is 5.79 Å². The average molecular weight is 220 g/mol. The van der Waals surface area contributed by atoms with E-state index in [1.165, 1.54) is 0 Å². The van der Waals surface area contributed by atoms with Gasteiger partial charge < -0.3 is 9.47 Å². The Morgan fingerprint density at radius 1 is 1.06 bits per heavy atom. The lowest BCUT2D eigenvalue weighted by molar-refractivity contribution is -0.179. The second kappa shape index (κ2) is 4.11. The van der Waals surface area contributed by atoms with Crippen molar-refractivity contribution >= 4 is 0 Å². The SMILES string of the molecule is c1cnc(C2CCC3(CC2)OCCO3)nc1. The van der Waals surface area contributed by atoms with Crippen molar-refractivity contribution in [3.63, 3.8) is 0 Å². The lowest BCUT2D eigenvalue weighted by Gasteiger charge is -2.34. The van der Waals surface area contributed by atoms with Crippen LogP contribution in [0.15, 0.2) is 18.5 Å². The molecule has 1 saturated carbocycles. The third kappa shape index (κ3) is 1.83. The van der Waals surface area contributed by atoms with Crippen LogP contribution < -0.4 is 0 Å². The number of ether oxygens (including phenoxy) is 2. The van der Waals surface area contributed by atoms with Crippen molar-refractivity contribution in [1.82, 2.24) is 9.97 Å². The van der Waals surface area contributed by atoms with Crippen molar-refractivity contribution in [2.45, 2.75) is 37.4 Å². The molecule has 1 spiro atoms. The van der Waals surface area contributed by atoms with Crippen LogP contribution in [0, 0.1) is 0 Å². The zero-order valence-corrected chi connectivity index (χ0v) is 9.26. The van der Waals surface area contributed by atoms with Gasteiger partial charge in [-0.25, -0.2) is 9.97 Å². The van der Waals surface area contributed by atoms with Crippen molar-refractivity contribution in [2.24, 2.45) is 0 Å². The maximum atomic E-state index is 5.70. The van der Waals surface area contributed by atoms with Crippen LogP contribution in [0.25, 0.3) is 0 Å². The first-order valence-corrected chi connectivity index (χ1v) is 5.93. The smallest absolute Gasteiger partial charge is 0.168 e. The Kier molecular flexibility index (Phi) is 2.61. The normalized spacial score (nSPS) is 25.0. The minimum Gasteiger partial charge on any atom is -0.348 e. The van der Waals surface area contributed by atoms with Gasteiger partial charge in [0.2, 0.25) is 0 Å². The predicted molar refractivity (Wildman–Crippen MR) is 57.9 cm³/mol. The molecule has 16 heavy (non-hydrogen) atoms. The van der Waals surface area contributed by atoms with E-state index in [1.54, 1.807) is 0 Å². The fourth-order valence-electron chi connectivity index (χ4n) is 2.62. The molecular weight excluding hydrogens is 204 g/mol. The molecule has 2 heterocycles. The van der Waals surface area contributed by atoms with Gasteiger partial charge in [-0.15, -0.1) is 0 Å². The topological polar surface area (TPSA) is 44.2 Å². The fourth-order valence-corrected chi connectivity index (χ4v) is 2.62. The molecule has 0 bridgehead atoms. The van der Waals surface area contributed by atoms with E-state index in [0.29, 0.717) is 5.92 Å². The van der Waals surface area contributed by atoms with Crippen molar-refractivity contribution in [1.29, 1.82) is 0 Å². The van der Waals surface area contributed by atoms with Gasteiger partial charge in [-0.2, -0.15) is 0 Å². The van der Waals surface area contributed by atoms with Crippen molar-refractivity contribution in [3.05, 3.63) is 24.3 Å². The lowest BCUT2D eigenvalue weighted by atomic mass is 9.84. The molecule has 3 rings (SSSR count). The van der Waals surface area contributed by atoms with Gasteiger partial charge in [0, 0.05) is 31.2 Å². The second-order valence-corrected chi connectivity index (χ2v) is 4.49. The van der Waals surface area contributed by atoms with Crippen LogP contribution >= 0.6 is 0 Å². The standard InChI is InChI=1S/C12H16N2O2/c1-6-13-11(14-7-1)10-2-4-12(5-3-10)15-8-9-16-12/h1,6-7,10H,2-5,8-9H2. The molecule has 1 aliphatic carbocycles. The molecule has 0 amide bonds. The van der Waals surface area contributed by atoms with Gasteiger partial charge in [-0.3, -0.25) is 0 Å². The van der Waals surface area contributed by atoms with Crippen LogP contribution in [-0.2, 0) is 9.47 Å². The van der Waals surface area contributed by atoms with E-state index in [0.717, 1.165) is 44.7 Å². The van der Waals surface area contributed by atoms with Crippen LogP contribution in [0.1, 0.15) is 37.4 Å². The second-order valence-electron chi connectivity index (χ2n) is 4.49. The summed E-state index contributed by atoms with van der Waals surface area (Å²) < 4.78 is 11.4. The van der Waals surface area contributed by atoms with Crippen LogP contribution in [-0.4, -0.2) is 29.0 Å². The monoisotopic (exact) mass is 220 g/mol. The first-order chi connectivity index (χ1) is 7.88. The summed E-state index contributed by atoms with van der Waals surface area (Å²) in [5.74, 6) is 1.17. The predicted octanol–water partition coefficient (Wildman–Crippen LogP) is 1.88. The van der Waals surface area contributed by atoms with Gasteiger partial charge >= 0.3 is 0 Å². The highest BCUT2D eigenvalue weighted by atomic mass is 16.7. The Bertz CT molecular complexity index is 339. The molecule has 2 aliphatic rings. The molecule has 4 nitrogen and oxygen atoms in total. The zero-order valence-electron chi connectivity index (χ0n) is 9.26. The zero-order chi connectivity index (χ0) is 10.8. The molecule has 0 unspecified atom stereocenters. The maximum Gasteiger partial charge on any atom is 0.168 e. The largest absolute Gasteiger partial charge is 0.348 e. The van der Waals surface area contributed by atoms with Gasteiger partial charge in [-0.05, 0) is 18.9 Å². The van der Waals surface area contributed by atoms with Crippen molar-refractivity contribution < 1.29 is 9.47 Å². The van der Waals surface area contributed by atoms with Crippen molar-refractivity contribution in [2.75, 3.05) is 13.2 Å². The van der Waals surface area contributed by atoms with Gasteiger partial charge in [0.05, 0.1) is 13.2 Å². The van der Waals surface area contributed by atoms with E-state index >= 15 is 0 Å². The Labute approximate surface area is 95.0 Å². The molecule has 0 aromatic carbocycles. The van der Waals surface area contributed by atoms with Crippen LogP contribution in [0.3, 0.4) is 0 Å². The maximum absolute atomic E-state index is 5.70. The van der Waals surface area contributed by atoms with E-state index in [1.807, 2.05) is 18.5 Å². The minimum atomic E-state index is -0.273. The molecular formula is C12H16N2O2. The summed E-state index contributed by atoms with van der Waals surface area (Å²) in [4.78, 5) is 8.65. The third-order valence-electron chi connectivity index (χ3n) is 3.51. The number of hydrogen-bond donors (Lipinski definition) is 0. The van der Waals surface area contributed by atoms with E-state index in [2.05, 4.69) is 9.97 Å². The molecule has 1 aliphatic heterocycles. The summed E-state index contributed by atoms with van der Waals surface area (Å²) in [6.07, 6.45) is 7.68. The number of aromatic nitrogens is 2. The molecule has 0 radical (unpaired) electrons. The molecule has 0 atom stereocenters. The van der Waals surface area contributed by atoms with E-state index in [9.17, 15) is 0 Å². The summed E-state index contributed by atoms with van der Waals surface area (Å²) in [5.41, 5.74) is 0. The summed E-state index contributed by atoms with van der Waals surface area (Å²) in [6.45, 7) is 1.49. The highest BCUT2D eigenvalue weighted by Gasteiger charge is 2.41. The van der Waals surface area contributed by atoms with Crippen LogP contribution in [0.5, 0.6) is 0 Å². The molecule has 1 aromatic rings. The lowest BCUT2D eigenvalue weighted by Crippen LogP contribution is -2.34. The minimum absolute atomic E-state index is 0.273. The van der Waals surface area contributed by atoms with Gasteiger partial charge in [0.25, 0.3) is 0 Å². The van der Waals surface area contributed by atoms with Gasteiger partial charge in [0.1, 0.15) is 5.82 Å². The average Bonchev–Trinajstić information content (AvgIpc) is 2.80. The third-order valence-corrected chi connectivity index (χ3v) is 3.51. The fraction of sp³-hybridized carbons (Fsp3) is 0.667. The van der Waals surface area contributed by atoms with Crippen LogP contribution in [0.4, 0.5) is 0 Å². The number of hydrogen-bond acceptors (Lipinski definition) is 4. The molecule has 86 valence electrons. The summed E-state index contributed by atoms with van der Waals surface area (Å²) in [6, 6.07) is 1.86. The Morgan fingerprint density at radius 2 is 1.69 bits per heavy atom. The highest BCUT2D eigenvalue weighted by molar-refractivity contribution is 5.00. The van der Waals surface area contributed by atoms with E-state index in [4.69, 9.17) is 9.47 Å². The van der Waals surface area contributed by atoms with Gasteiger partial charge in [0.15, 0.2) is 5.79 Å². The molecule has 4 heteroatoms. The van der Waals surface area contributed by atoms with Crippen molar-refractivity contribution in [3.8, 4) is 0 Å². The molecule has 0 N–H and O–H groups in total.